The van der Waals surface area contributed by atoms with E-state index in [-0.39, 0.29) is 11.7 Å². The minimum atomic E-state index is -0.263. The van der Waals surface area contributed by atoms with E-state index in [1.807, 2.05) is 11.9 Å². The molecule has 21 heavy (non-hydrogen) atoms. The second kappa shape index (κ2) is 5.98. The van der Waals surface area contributed by atoms with Crippen molar-refractivity contribution in [1.82, 2.24) is 10.2 Å². The molecule has 0 aromatic heterocycles. The van der Waals surface area contributed by atoms with E-state index < -0.39 is 0 Å². The number of rotatable bonds is 3. The molecule has 3 nitrogen and oxygen atoms in total. The highest BCUT2D eigenvalue weighted by molar-refractivity contribution is 5.91. The molecule has 2 atom stereocenters. The number of carbonyl (C=O) groups is 1. The van der Waals surface area contributed by atoms with E-state index in [0.29, 0.717) is 18.1 Å². The molecule has 0 radical (unpaired) electrons. The predicted octanol–water partition coefficient (Wildman–Crippen LogP) is 2.58. The minimum absolute atomic E-state index is 0.0191. The van der Waals surface area contributed by atoms with Crippen molar-refractivity contribution in [2.75, 3.05) is 7.05 Å². The maximum Gasteiger partial charge on any atom is 0.246 e. The number of fused-ring (bicyclic) bond motifs is 2. The summed E-state index contributed by atoms with van der Waals surface area (Å²) in [5, 5.41) is 3.59. The zero-order chi connectivity index (χ0) is 14.8. The summed E-state index contributed by atoms with van der Waals surface area (Å²) < 4.78 is 12.8. The lowest BCUT2D eigenvalue weighted by Gasteiger charge is -2.35. The normalized spacial score (nSPS) is 28.0. The quantitative estimate of drug-likeness (QED) is 0.867. The zero-order valence-corrected chi connectivity index (χ0v) is 12.3. The van der Waals surface area contributed by atoms with Crippen LogP contribution in [-0.2, 0) is 4.79 Å². The van der Waals surface area contributed by atoms with Crippen molar-refractivity contribution in [2.45, 2.75) is 43.8 Å². The summed E-state index contributed by atoms with van der Waals surface area (Å²) in [7, 11) is 1.88. The van der Waals surface area contributed by atoms with E-state index in [1.54, 1.807) is 24.3 Å². The molecule has 112 valence electrons. The Morgan fingerprint density at radius 1 is 1.24 bits per heavy atom. The summed E-state index contributed by atoms with van der Waals surface area (Å²) in [6.07, 6.45) is 7.88. The Hall–Kier alpha value is -1.68. The van der Waals surface area contributed by atoms with Crippen LogP contribution in [0.2, 0.25) is 0 Å². The molecule has 2 bridgehead atoms. The molecule has 0 spiro atoms. The van der Waals surface area contributed by atoms with Crippen molar-refractivity contribution in [3.8, 4) is 0 Å². The monoisotopic (exact) mass is 288 g/mol. The van der Waals surface area contributed by atoms with Crippen LogP contribution in [0, 0.1) is 5.82 Å². The SMILES string of the molecule is CN(C(=O)C=Cc1ccc(F)cc1)C1CC2CCC(C1)N2. The molecule has 3 rings (SSSR count). The maximum atomic E-state index is 12.8. The standard InChI is InChI=1S/C17H21FN2O/c1-20(16-10-14-7-8-15(11-16)19-14)17(21)9-4-12-2-5-13(18)6-3-12/h2-6,9,14-16,19H,7-8,10-11H2,1H3. The third kappa shape index (κ3) is 3.32. The second-order valence-corrected chi connectivity index (χ2v) is 6.10. The molecule has 1 N–H and O–H groups in total. The number of hydrogen-bond donors (Lipinski definition) is 1. The number of halogens is 1. The fourth-order valence-electron chi connectivity index (χ4n) is 3.38. The van der Waals surface area contributed by atoms with Crippen molar-refractivity contribution in [1.29, 1.82) is 0 Å². The smallest absolute Gasteiger partial charge is 0.246 e. The third-order valence-electron chi connectivity index (χ3n) is 4.63. The molecular formula is C17H21FN2O. The largest absolute Gasteiger partial charge is 0.339 e. The first kappa shape index (κ1) is 14.3. The van der Waals surface area contributed by atoms with Gasteiger partial charge in [0.25, 0.3) is 0 Å². The lowest BCUT2D eigenvalue weighted by atomic mass is 9.98. The van der Waals surface area contributed by atoms with Crippen LogP contribution in [0.3, 0.4) is 0 Å². The number of nitrogens with one attached hydrogen (secondary N) is 1. The van der Waals surface area contributed by atoms with Crippen molar-refractivity contribution < 1.29 is 9.18 Å². The maximum absolute atomic E-state index is 12.8. The highest BCUT2D eigenvalue weighted by Crippen LogP contribution is 2.29. The number of nitrogens with zero attached hydrogens (tertiary/aromatic N) is 1. The number of piperidine rings is 1. The molecule has 2 aliphatic rings. The molecule has 2 aliphatic heterocycles. The number of benzene rings is 1. The van der Waals surface area contributed by atoms with Crippen LogP contribution < -0.4 is 5.32 Å². The lowest BCUT2D eigenvalue weighted by Crippen LogP contribution is -2.48. The Bertz CT molecular complexity index is 528. The zero-order valence-electron chi connectivity index (χ0n) is 12.3. The van der Waals surface area contributed by atoms with Crippen LogP contribution in [-0.4, -0.2) is 36.0 Å². The van der Waals surface area contributed by atoms with E-state index in [4.69, 9.17) is 0 Å². The van der Waals surface area contributed by atoms with E-state index in [0.717, 1.165) is 18.4 Å². The first-order valence-corrected chi connectivity index (χ1v) is 7.58. The number of carbonyl (C=O) groups excluding carboxylic acids is 1. The summed E-state index contributed by atoms with van der Waals surface area (Å²) in [5.41, 5.74) is 0.837. The van der Waals surface area contributed by atoms with Crippen LogP contribution in [0.5, 0.6) is 0 Å². The molecule has 0 saturated carbocycles. The highest BCUT2D eigenvalue weighted by Gasteiger charge is 2.35. The van der Waals surface area contributed by atoms with Gasteiger partial charge in [-0.25, -0.2) is 4.39 Å². The van der Waals surface area contributed by atoms with E-state index in [2.05, 4.69) is 5.32 Å². The van der Waals surface area contributed by atoms with Gasteiger partial charge in [0.2, 0.25) is 5.91 Å². The first-order valence-electron chi connectivity index (χ1n) is 7.58. The number of likely N-dealkylation sites (N-methyl/N-ethyl adjacent to an activating group) is 1. The van der Waals surface area contributed by atoms with Gasteiger partial charge in [0, 0.05) is 31.2 Å². The Balaban J connectivity index is 1.60. The van der Waals surface area contributed by atoms with Gasteiger partial charge in [-0.05, 0) is 49.5 Å². The summed E-state index contributed by atoms with van der Waals surface area (Å²) >= 11 is 0. The first-order chi connectivity index (χ1) is 10.1. The highest BCUT2D eigenvalue weighted by atomic mass is 19.1. The summed E-state index contributed by atoms with van der Waals surface area (Å²) in [6.45, 7) is 0. The van der Waals surface area contributed by atoms with Gasteiger partial charge in [0.15, 0.2) is 0 Å². The Kier molecular flexibility index (Phi) is 4.06. The van der Waals surface area contributed by atoms with Crippen molar-refractivity contribution in [3.63, 3.8) is 0 Å². The fraction of sp³-hybridized carbons (Fsp3) is 0.471. The molecule has 4 heteroatoms. The average Bonchev–Trinajstić information content (AvgIpc) is 2.84. The molecule has 1 aromatic rings. The average molecular weight is 288 g/mol. The van der Waals surface area contributed by atoms with Crippen LogP contribution >= 0.6 is 0 Å². The van der Waals surface area contributed by atoms with E-state index in [1.165, 1.54) is 25.0 Å². The van der Waals surface area contributed by atoms with Gasteiger partial charge < -0.3 is 10.2 Å². The molecule has 2 unspecified atom stereocenters. The van der Waals surface area contributed by atoms with E-state index in [9.17, 15) is 9.18 Å². The Labute approximate surface area is 124 Å². The van der Waals surface area contributed by atoms with Gasteiger partial charge in [0.05, 0.1) is 0 Å². The minimum Gasteiger partial charge on any atom is -0.339 e. The lowest BCUT2D eigenvalue weighted by molar-refractivity contribution is -0.127. The molecular weight excluding hydrogens is 267 g/mol. The third-order valence-corrected chi connectivity index (χ3v) is 4.63. The molecule has 1 amide bonds. The van der Waals surface area contributed by atoms with Gasteiger partial charge in [-0.3, -0.25) is 4.79 Å². The second-order valence-electron chi connectivity index (χ2n) is 6.10. The molecule has 0 aliphatic carbocycles. The van der Waals surface area contributed by atoms with Crippen LogP contribution in [0.4, 0.5) is 4.39 Å². The van der Waals surface area contributed by atoms with Gasteiger partial charge in [-0.2, -0.15) is 0 Å². The molecule has 2 fully saturated rings. The van der Waals surface area contributed by atoms with Crippen molar-refractivity contribution in [3.05, 3.63) is 41.7 Å². The van der Waals surface area contributed by atoms with Gasteiger partial charge >= 0.3 is 0 Å². The number of hydrogen-bond acceptors (Lipinski definition) is 2. The topological polar surface area (TPSA) is 32.3 Å². The van der Waals surface area contributed by atoms with Gasteiger partial charge in [-0.15, -0.1) is 0 Å². The van der Waals surface area contributed by atoms with Gasteiger partial charge in [-0.1, -0.05) is 12.1 Å². The van der Waals surface area contributed by atoms with Crippen LogP contribution in [0.15, 0.2) is 30.3 Å². The Morgan fingerprint density at radius 3 is 2.48 bits per heavy atom. The summed E-state index contributed by atoms with van der Waals surface area (Å²) in [4.78, 5) is 14.1. The van der Waals surface area contributed by atoms with Crippen molar-refractivity contribution >= 4 is 12.0 Å². The Morgan fingerprint density at radius 2 is 1.86 bits per heavy atom. The number of amides is 1. The van der Waals surface area contributed by atoms with Gasteiger partial charge in [0.1, 0.15) is 5.82 Å². The predicted molar refractivity (Wildman–Crippen MR) is 81.2 cm³/mol. The van der Waals surface area contributed by atoms with E-state index >= 15 is 0 Å². The van der Waals surface area contributed by atoms with Crippen LogP contribution in [0.1, 0.15) is 31.2 Å². The summed E-state index contributed by atoms with van der Waals surface area (Å²) in [5.74, 6) is -0.244. The van der Waals surface area contributed by atoms with Crippen molar-refractivity contribution in [2.24, 2.45) is 0 Å². The summed E-state index contributed by atoms with van der Waals surface area (Å²) in [6, 6.07) is 7.62. The molecule has 2 heterocycles. The molecule has 1 aromatic carbocycles. The van der Waals surface area contributed by atoms with Crippen LogP contribution in [0.25, 0.3) is 6.08 Å². The fourth-order valence-corrected chi connectivity index (χ4v) is 3.38. The molecule has 2 saturated heterocycles.